The average molecular weight is 256 g/mol. The summed E-state index contributed by atoms with van der Waals surface area (Å²) in [7, 11) is 1.38. The first-order valence-corrected chi connectivity index (χ1v) is 6.63. The zero-order chi connectivity index (χ0) is 13.5. The van der Waals surface area contributed by atoms with E-state index in [1.54, 1.807) is 0 Å². The van der Waals surface area contributed by atoms with Crippen LogP contribution in [-0.4, -0.2) is 49.1 Å². The fourth-order valence-electron chi connectivity index (χ4n) is 2.37. The van der Waals surface area contributed by atoms with Crippen molar-refractivity contribution in [3.05, 3.63) is 0 Å². The van der Waals surface area contributed by atoms with Gasteiger partial charge in [-0.15, -0.1) is 0 Å². The van der Waals surface area contributed by atoms with Gasteiger partial charge in [0, 0.05) is 12.1 Å². The molecule has 1 aliphatic rings. The van der Waals surface area contributed by atoms with Gasteiger partial charge in [-0.2, -0.15) is 0 Å². The monoisotopic (exact) mass is 256 g/mol. The smallest absolute Gasteiger partial charge is 0.319 e. The van der Waals surface area contributed by atoms with Crippen molar-refractivity contribution in [1.82, 2.24) is 10.2 Å². The molecule has 0 bridgehead atoms. The van der Waals surface area contributed by atoms with E-state index in [0.29, 0.717) is 6.04 Å². The molecule has 5 heteroatoms. The first-order valence-electron chi connectivity index (χ1n) is 6.63. The summed E-state index contributed by atoms with van der Waals surface area (Å²) in [5, 5.41) is 2.86. The molecule has 0 aromatic heterocycles. The third-order valence-electron chi connectivity index (χ3n) is 3.20. The van der Waals surface area contributed by atoms with Crippen molar-refractivity contribution >= 4 is 11.9 Å². The molecule has 1 N–H and O–H groups in total. The minimum absolute atomic E-state index is 0.0270. The number of carbonyl (C=O) groups is 2. The van der Waals surface area contributed by atoms with Crippen LogP contribution in [0.1, 0.15) is 39.5 Å². The summed E-state index contributed by atoms with van der Waals surface area (Å²) in [5.74, 6) is -0.306. The molecule has 18 heavy (non-hydrogen) atoms. The number of nitrogens with zero attached hydrogens (tertiary/aromatic N) is 1. The van der Waals surface area contributed by atoms with Gasteiger partial charge in [-0.3, -0.25) is 14.5 Å². The molecular formula is C13H24N2O3. The first-order chi connectivity index (χ1) is 8.52. The Kier molecular flexibility index (Phi) is 6.12. The van der Waals surface area contributed by atoms with Crippen molar-refractivity contribution in [1.29, 1.82) is 0 Å². The summed E-state index contributed by atoms with van der Waals surface area (Å²) >= 11 is 0. The summed E-state index contributed by atoms with van der Waals surface area (Å²) in [6.45, 7) is 4.33. The first kappa shape index (κ1) is 15.0. The van der Waals surface area contributed by atoms with Gasteiger partial charge in [-0.05, 0) is 26.7 Å². The minimum atomic E-state index is -0.278. The normalized spacial score (nSPS) is 16.3. The van der Waals surface area contributed by atoms with E-state index in [0.717, 1.165) is 12.8 Å². The molecule has 0 unspecified atom stereocenters. The molecular weight excluding hydrogens is 232 g/mol. The van der Waals surface area contributed by atoms with Crippen LogP contribution in [-0.2, 0) is 14.3 Å². The molecule has 1 saturated carbocycles. The van der Waals surface area contributed by atoms with E-state index in [2.05, 4.69) is 5.32 Å². The van der Waals surface area contributed by atoms with Crippen molar-refractivity contribution in [2.75, 3.05) is 20.2 Å². The van der Waals surface area contributed by atoms with E-state index in [4.69, 9.17) is 4.74 Å². The van der Waals surface area contributed by atoms with Gasteiger partial charge >= 0.3 is 5.97 Å². The third kappa shape index (κ3) is 5.04. The second kappa shape index (κ2) is 7.36. The number of rotatable bonds is 6. The molecule has 1 rings (SSSR count). The number of amides is 1. The highest BCUT2D eigenvalue weighted by Gasteiger charge is 2.26. The predicted molar refractivity (Wildman–Crippen MR) is 69.1 cm³/mol. The summed E-state index contributed by atoms with van der Waals surface area (Å²) in [6.07, 6.45) is 4.47. The second-order valence-corrected chi connectivity index (χ2v) is 5.14. The van der Waals surface area contributed by atoms with Gasteiger partial charge in [0.2, 0.25) is 5.91 Å². The molecule has 0 aromatic rings. The Morgan fingerprint density at radius 1 is 1.28 bits per heavy atom. The van der Waals surface area contributed by atoms with Crippen molar-refractivity contribution < 1.29 is 14.3 Å². The Labute approximate surface area is 109 Å². The minimum Gasteiger partial charge on any atom is -0.468 e. The number of nitrogens with one attached hydrogen (secondary N) is 1. The Balaban J connectivity index is 2.53. The molecule has 0 atom stereocenters. The highest BCUT2D eigenvalue weighted by Crippen LogP contribution is 2.23. The molecule has 1 amide bonds. The fraction of sp³-hybridized carbons (Fsp3) is 0.846. The summed E-state index contributed by atoms with van der Waals surface area (Å²) in [6, 6.07) is 0.461. The Morgan fingerprint density at radius 2 is 1.89 bits per heavy atom. The lowest BCUT2D eigenvalue weighted by Gasteiger charge is -2.27. The summed E-state index contributed by atoms with van der Waals surface area (Å²) in [4.78, 5) is 25.1. The molecule has 0 heterocycles. The van der Waals surface area contributed by atoms with Crippen LogP contribution in [0.25, 0.3) is 0 Å². The van der Waals surface area contributed by atoms with Crippen LogP contribution in [0.15, 0.2) is 0 Å². The summed E-state index contributed by atoms with van der Waals surface area (Å²) < 4.78 is 4.69. The number of esters is 1. The van der Waals surface area contributed by atoms with Crippen LogP contribution in [0.3, 0.4) is 0 Å². The lowest BCUT2D eigenvalue weighted by Crippen LogP contribution is -2.46. The van der Waals surface area contributed by atoms with Crippen LogP contribution in [0.5, 0.6) is 0 Å². The van der Waals surface area contributed by atoms with Crippen molar-refractivity contribution in [2.45, 2.75) is 51.6 Å². The molecule has 0 aliphatic heterocycles. The van der Waals surface area contributed by atoms with Crippen molar-refractivity contribution in [3.63, 3.8) is 0 Å². The molecule has 0 aromatic carbocycles. The zero-order valence-corrected chi connectivity index (χ0v) is 11.6. The molecule has 104 valence electrons. The number of hydrogen-bond acceptors (Lipinski definition) is 4. The number of methoxy groups -OCH3 is 1. The van der Waals surface area contributed by atoms with Gasteiger partial charge in [0.15, 0.2) is 0 Å². The Hall–Kier alpha value is -1.10. The molecule has 0 saturated heterocycles. The van der Waals surface area contributed by atoms with Gasteiger partial charge in [-0.1, -0.05) is 12.8 Å². The van der Waals surface area contributed by atoms with E-state index in [1.165, 1.54) is 20.0 Å². The zero-order valence-electron chi connectivity index (χ0n) is 11.6. The predicted octanol–water partition coefficient (Wildman–Crippen LogP) is 0.929. The quantitative estimate of drug-likeness (QED) is 0.718. The van der Waals surface area contributed by atoms with Gasteiger partial charge in [-0.25, -0.2) is 0 Å². The SMILES string of the molecule is COC(=O)CN(CC(=O)NC(C)C)C1CCCC1. The summed E-state index contributed by atoms with van der Waals surface area (Å²) in [5.41, 5.74) is 0. The van der Waals surface area contributed by atoms with E-state index < -0.39 is 0 Å². The Morgan fingerprint density at radius 3 is 2.39 bits per heavy atom. The molecule has 0 spiro atoms. The lowest BCUT2D eigenvalue weighted by atomic mass is 10.2. The fourth-order valence-corrected chi connectivity index (χ4v) is 2.37. The van der Waals surface area contributed by atoms with Gasteiger partial charge < -0.3 is 10.1 Å². The largest absolute Gasteiger partial charge is 0.468 e. The van der Waals surface area contributed by atoms with Crippen molar-refractivity contribution in [2.24, 2.45) is 0 Å². The van der Waals surface area contributed by atoms with Crippen LogP contribution in [0.4, 0.5) is 0 Å². The topological polar surface area (TPSA) is 58.6 Å². The maximum absolute atomic E-state index is 11.8. The third-order valence-corrected chi connectivity index (χ3v) is 3.20. The van der Waals surface area contributed by atoms with Crippen LogP contribution in [0.2, 0.25) is 0 Å². The standard InChI is InChI=1S/C13H24N2O3/c1-10(2)14-12(16)8-15(9-13(17)18-3)11-6-4-5-7-11/h10-11H,4-9H2,1-3H3,(H,14,16). The average Bonchev–Trinajstić information content (AvgIpc) is 2.80. The molecule has 5 nitrogen and oxygen atoms in total. The second-order valence-electron chi connectivity index (χ2n) is 5.14. The molecule has 1 fully saturated rings. The van der Waals surface area contributed by atoms with Crippen molar-refractivity contribution in [3.8, 4) is 0 Å². The van der Waals surface area contributed by atoms with E-state index in [-0.39, 0.29) is 31.0 Å². The molecule has 1 aliphatic carbocycles. The van der Waals surface area contributed by atoms with Crippen LogP contribution in [0, 0.1) is 0 Å². The number of carbonyl (C=O) groups excluding carboxylic acids is 2. The van der Waals surface area contributed by atoms with E-state index >= 15 is 0 Å². The van der Waals surface area contributed by atoms with Crippen LogP contribution < -0.4 is 5.32 Å². The highest BCUT2D eigenvalue weighted by molar-refractivity contribution is 5.79. The van der Waals surface area contributed by atoms with Gasteiger partial charge in [0.05, 0.1) is 20.2 Å². The maximum atomic E-state index is 11.8. The van der Waals surface area contributed by atoms with Gasteiger partial charge in [0.1, 0.15) is 0 Å². The molecule has 0 radical (unpaired) electrons. The highest BCUT2D eigenvalue weighted by atomic mass is 16.5. The van der Waals surface area contributed by atoms with E-state index in [1.807, 2.05) is 18.7 Å². The van der Waals surface area contributed by atoms with Crippen LogP contribution >= 0.6 is 0 Å². The Bertz CT molecular complexity index is 286. The van der Waals surface area contributed by atoms with E-state index in [9.17, 15) is 9.59 Å². The number of hydrogen-bond donors (Lipinski definition) is 1. The maximum Gasteiger partial charge on any atom is 0.319 e. The number of ether oxygens (including phenoxy) is 1. The lowest BCUT2D eigenvalue weighted by molar-refractivity contribution is -0.143. The van der Waals surface area contributed by atoms with Gasteiger partial charge in [0.25, 0.3) is 0 Å².